The van der Waals surface area contributed by atoms with Gasteiger partial charge in [-0.25, -0.2) is 4.98 Å². The van der Waals surface area contributed by atoms with E-state index in [1.807, 2.05) is 11.3 Å². The van der Waals surface area contributed by atoms with Gasteiger partial charge < -0.3 is 5.32 Å². The van der Waals surface area contributed by atoms with E-state index < -0.39 is 0 Å². The third-order valence-corrected chi connectivity index (χ3v) is 5.86. The summed E-state index contributed by atoms with van der Waals surface area (Å²) in [7, 11) is 0. The summed E-state index contributed by atoms with van der Waals surface area (Å²) in [6.45, 7) is 6.55. The molecule has 1 atom stereocenters. The fourth-order valence-corrected chi connectivity index (χ4v) is 4.63. The molecule has 3 nitrogen and oxygen atoms in total. The van der Waals surface area contributed by atoms with Gasteiger partial charge in [0.25, 0.3) is 0 Å². The Bertz CT molecular complexity index is 785. The molecule has 24 heavy (non-hydrogen) atoms. The molecule has 2 heterocycles. The number of nitrogens with zero attached hydrogens (tertiary/aromatic N) is 2. The van der Waals surface area contributed by atoms with Gasteiger partial charge in [-0.1, -0.05) is 36.4 Å². The average molecular weight is 337 g/mol. The monoisotopic (exact) mass is 337 g/mol. The summed E-state index contributed by atoms with van der Waals surface area (Å²) < 4.78 is 1.28. The third-order valence-electron chi connectivity index (χ3n) is 4.77. The van der Waals surface area contributed by atoms with E-state index in [2.05, 4.69) is 65.7 Å². The molecule has 1 aromatic heterocycles. The van der Waals surface area contributed by atoms with Crippen LogP contribution in [0.3, 0.4) is 0 Å². The molecule has 0 aliphatic carbocycles. The van der Waals surface area contributed by atoms with Crippen molar-refractivity contribution in [1.29, 1.82) is 0 Å². The molecule has 1 saturated heterocycles. The molecule has 1 aliphatic heterocycles. The smallest absolute Gasteiger partial charge is 0.116 e. The highest BCUT2D eigenvalue weighted by Crippen LogP contribution is 2.35. The molecule has 0 radical (unpaired) electrons. The molecule has 1 unspecified atom stereocenters. The summed E-state index contributed by atoms with van der Waals surface area (Å²) in [6, 6.07) is 17.5. The number of rotatable bonds is 3. The predicted octanol–water partition coefficient (Wildman–Crippen LogP) is 3.99. The molecule has 0 spiro atoms. The second-order valence-corrected chi connectivity index (χ2v) is 7.48. The Morgan fingerprint density at radius 3 is 2.75 bits per heavy atom. The summed E-state index contributed by atoms with van der Waals surface area (Å²) >= 11 is 1.84. The van der Waals surface area contributed by atoms with Crippen molar-refractivity contribution in [1.82, 2.24) is 15.2 Å². The number of nitrogens with one attached hydrogen (secondary N) is 1. The van der Waals surface area contributed by atoms with E-state index in [-0.39, 0.29) is 6.04 Å². The first-order valence-corrected chi connectivity index (χ1v) is 9.50. The zero-order valence-electron chi connectivity index (χ0n) is 14.0. The van der Waals surface area contributed by atoms with E-state index in [1.54, 1.807) is 0 Å². The number of hydrogen-bond acceptors (Lipinski definition) is 4. The highest BCUT2D eigenvalue weighted by Gasteiger charge is 2.27. The van der Waals surface area contributed by atoms with Gasteiger partial charge in [-0.15, -0.1) is 11.3 Å². The topological polar surface area (TPSA) is 28.2 Å². The van der Waals surface area contributed by atoms with Gasteiger partial charge in [0, 0.05) is 19.6 Å². The van der Waals surface area contributed by atoms with Crippen LogP contribution < -0.4 is 5.32 Å². The average Bonchev–Trinajstić information content (AvgIpc) is 2.84. The van der Waals surface area contributed by atoms with E-state index in [1.165, 1.54) is 27.3 Å². The highest BCUT2D eigenvalue weighted by atomic mass is 32.1. The predicted molar refractivity (Wildman–Crippen MR) is 102 cm³/mol. The number of thiazole rings is 1. The van der Waals surface area contributed by atoms with Gasteiger partial charge in [-0.05, 0) is 43.1 Å². The van der Waals surface area contributed by atoms with Crippen LogP contribution in [0.4, 0.5) is 0 Å². The first-order valence-electron chi connectivity index (χ1n) is 8.69. The Balaban J connectivity index is 1.81. The first kappa shape index (κ1) is 15.8. The van der Waals surface area contributed by atoms with Crippen molar-refractivity contribution in [2.24, 2.45) is 0 Å². The zero-order chi connectivity index (χ0) is 16.4. The molecule has 4 rings (SSSR count). The molecule has 4 heteroatoms. The van der Waals surface area contributed by atoms with Crippen LogP contribution in [0, 0.1) is 6.92 Å². The highest BCUT2D eigenvalue weighted by molar-refractivity contribution is 7.18. The minimum atomic E-state index is 0.253. The van der Waals surface area contributed by atoms with Crippen LogP contribution in [-0.2, 0) is 0 Å². The fraction of sp³-hybridized carbons (Fsp3) is 0.350. The van der Waals surface area contributed by atoms with E-state index in [0.717, 1.165) is 31.7 Å². The minimum absolute atomic E-state index is 0.253. The molecule has 1 fully saturated rings. The largest absolute Gasteiger partial charge is 0.315 e. The number of benzene rings is 2. The summed E-state index contributed by atoms with van der Waals surface area (Å²) in [4.78, 5) is 7.59. The van der Waals surface area contributed by atoms with Crippen LogP contribution in [0.2, 0.25) is 0 Å². The molecule has 0 saturated carbocycles. The lowest BCUT2D eigenvalue weighted by molar-refractivity contribution is 0.240. The number of fused-ring (bicyclic) bond motifs is 1. The molecule has 1 aliphatic rings. The van der Waals surface area contributed by atoms with Crippen molar-refractivity contribution in [2.45, 2.75) is 19.4 Å². The van der Waals surface area contributed by atoms with Crippen LogP contribution in [0.1, 0.15) is 28.6 Å². The molecule has 124 valence electrons. The van der Waals surface area contributed by atoms with Gasteiger partial charge in [-0.3, -0.25) is 4.90 Å². The van der Waals surface area contributed by atoms with Crippen LogP contribution in [0.5, 0.6) is 0 Å². The Morgan fingerprint density at radius 1 is 1.04 bits per heavy atom. The standard InChI is InChI=1S/C20H23N3S/c1-15-7-2-3-8-16(15)19(23-13-6-11-21-12-14-23)20-22-17-9-4-5-10-18(17)24-20/h2-5,7-10,19,21H,6,11-14H2,1H3. The van der Waals surface area contributed by atoms with Gasteiger partial charge in [0.15, 0.2) is 0 Å². The number of aromatic nitrogens is 1. The SMILES string of the molecule is Cc1ccccc1C(c1nc2ccccc2s1)N1CCCNCC1. The van der Waals surface area contributed by atoms with Gasteiger partial charge >= 0.3 is 0 Å². The maximum atomic E-state index is 4.99. The van der Waals surface area contributed by atoms with Crippen LogP contribution in [0.25, 0.3) is 10.2 Å². The second-order valence-electron chi connectivity index (χ2n) is 6.42. The number of aryl methyl sites for hydroxylation is 1. The van der Waals surface area contributed by atoms with Crippen molar-refractivity contribution in [3.63, 3.8) is 0 Å². The first-order chi connectivity index (χ1) is 11.8. The lowest BCUT2D eigenvalue weighted by atomic mass is 10.00. The molecule has 0 amide bonds. The Morgan fingerprint density at radius 2 is 1.88 bits per heavy atom. The summed E-state index contributed by atoms with van der Waals surface area (Å²) in [5, 5.41) is 4.73. The van der Waals surface area contributed by atoms with Gasteiger partial charge in [0.1, 0.15) is 5.01 Å². The normalized spacial score (nSPS) is 17.7. The lowest BCUT2D eigenvalue weighted by Crippen LogP contribution is -2.33. The molecule has 2 aromatic carbocycles. The van der Waals surface area contributed by atoms with Crippen LogP contribution in [-0.4, -0.2) is 36.1 Å². The van der Waals surface area contributed by atoms with Gasteiger partial charge in [-0.2, -0.15) is 0 Å². The van der Waals surface area contributed by atoms with E-state index >= 15 is 0 Å². The molecular formula is C20H23N3S. The molecule has 1 N–H and O–H groups in total. The Hall–Kier alpha value is -1.75. The van der Waals surface area contributed by atoms with E-state index in [4.69, 9.17) is 4.98 Å². The van der Waals surface area contributed by atoms with Gasteiger partial charge in [0.2, 0.25) is 0 Å². The second kappa shape index (κ2) is 7.01. The maximum absolute atomic E-state index is 4.99. The summed E-state index contributed by atoms with van der Waals surface area (Å²) in [5.41, 5.74) is 3.85. The summed E-state index contributed by atoms with van der Waals surface area (Å²) in [6.07, 6.45) is 1.19. The molecule has 0 bridgehead atoms. The van der Waals surface area contributed by atoms with Crippen LogP contribution >= 0.6 is 11.3 Å². The van der Waals surface area contributed by atoms with Crippen LogP contribution in [0.15, 0.2) is 48.5 Å². The van der Waals surface area contributed by atoms with Crippen molar-refractivity contribution < 1.29 is 0 Å². The number of hydrogen-bond donors (Lipinski definition) is 1. The van der Waals surface area contributed by atoms with Crippen molar-refractivity contribution >= 4 is 21.6 Å². The van der Waals surface area contributed by atoms with Crippen molar-refractivity contribution in [3.8, 4) is 0 Å². The Labute approximate surface area is 147 Å². The van der Waals surface area contributed by atoms with Crippen molar-refractivity contribution in [2.75, 3.05) is 26.2 Å². The van der Waals surface area contributed by atoms with E-state index in [9.17, 15) is 0 Å². The lowest BCUT2D eigenvalue weighted by Gasteiger charge is -2.30. The van der Waals surface area contributed by atoms with Gasteiger partial charge in [0.05, 0.1) is 16.3 Å². The third kappa shape index (κ3) is 3.09. The molecule has 3 aromatic rings. The molecular weight excluding hydrogens is 314 g/mol. The zero-order valence-corrected chi connectivity index (χ0v) is 14.9. The Kier molecular flexibility index (Phi) is 4.60. The fourth-order valence-electron chi connectivity index (χ4n) is 3.51. The van der Waals surface area contributed by atoms with E-state index in [0.29, 0.717) is 0 Å². The van der Waals surface area contributed by atoms with Crippen molar-refractivity contribution in [3.05, 3.63) is 64.7 Å². The maximum Gasteiger partial charge on any atom is 0.116 e. The summed E-state index contributed by atoms with van der Waals surface area (Å²) in [5.74, 6) is 0. The minimum Gasteiger partial charge on any atom is -0.315 e. The number of para-hydroxylation sites is 1. The quantitative estimate of drug-likeness (QED) is 0.783.